The van der Waals surface area contributed by atoms with Crippen LogP contribution in [0.4, 0.5) is 0 Å². The fourth-order valence-electron chi connectivity index (χ4n) is 1.50. The fraction of sp³-hybridized carbons (Fsp3) is 0.750. The number of hydrogen-bond acceptors (Lipinski definition) is 0. The summed E-state index contributed by atoms with van der Waals surface area (Å²) in [5.74, 6) is 1.70. The molecule has 0 saturated heterocycles. The van der Waals surface area contributed by atoms with Gasteiger partial charge in [-0.15, -0.1) is 0 Å². The molecule has 0 aromatic heterocycles. The highest BCUT2D eigenvalue weighted by Crippen LogP contribution is 2.33. The van der Waals surface area contributed by atoms with Crippen LogP contribution in [-0.2, 0) is 0 Å². The van der Waals surface area contributed by atoms with Gasteiger partial charge in [0.05, 0.1) is 0 Å². The van der Waals surface area contributed by atoms with Gasteiger partial charge >= 0.3 is 0 Å². The minimum Gasteiger partial charge on any atom is -0.0996 e. The predicted octanol–water partition coefficient (Wildman–Crippen LogP) is 2.61. The molecule has 46 valence electrons. The van der Waals surface area contributed by atoms with E-state index in [9.17, 15) is 0 Å². The molecule has 8 heavy (non-hydrogen) atoms. The summed E-state index contributed by atoms with van der Waals surface area (Å²) in [6.07, 6.45) is 2.62. The van der Waals surface area contributed by atoms with Gasteiger partial charge in [-0.05, 0) is 24.7 Å². The van der Waals surface area contributed by atoms with Crippen LogP contribution in [0.1, 0.15) is 26.7 Å². The lowest BCUT2D eigenvalue weighted by Crippen LogP contribution is -1.86. The minimum absolute atomic E-state index is 0.796. The van der Waals surface area contributed by atoms with Crippen LogP contribution in [0.3, 0.4) is 0 Å². The normalized spacial score (nSPS) is 38.5. The summed E-state index contributed by atoms with van der Waals surface area (Å²) >= 11 is 0. The Morgan fingerprint density at radius 1 is 1.50 bits per heavy atom. The van der Waals surface area contributed by atoms with Crippen LogP contribution >= 0.6 is 0 Å². The van der Waals surface area contributed by atoms with E-state index in [-0.39, 0.29) is 0 Å². The van der Waals surface area contributed by atoms with Crippen molar-refractivity contribution in [2.45, 2.75) is 26.7 Å². The zero-order valence-electron chi connectivity index (χ0n) is 5.78. The Hall–Kier alpha value is -0.260. The lowest BCUT2D eigenvalue weighted by molar-refractivity contribution is 0.563. The highest BCUT2D eigenvalue weighted by molar-refractivity contribution is 5.05. The van der Waals surface area contributed by atoms with Crippen LogP contribution in [0.2, 0.25) is 0 Å². The first kappa shape index (κ1) is 5.87. The Morgan fingerprint density at radius 3 is 2.25 bits per heavy atom. The Balaban J connectivity index is 2.51. The maximum Gasteiger partial charge on any atom is -0.0232 e. The van der Waals surface area contributed by atoms with Crippen molar-refractivity contribution < 1.29 is 0 Å². The van der Waals surface area contributed by atoms with Crippen molar-refractivity contribution in [2.75, 3.05) is 0 Å². The average molecular weight is 110 g/mol. The molecule has 0 heterocycles. The molecule has 0 nitrogen and oxygen atoms in total. The molecule has 0 aromatic carbocycles. The first-order valence-corrected chi connectivity index (χ1v) is 3.38. The molecular weight excluding hydrogens is 96.1 g/mol. The van der Waals surface area contributed by atoms with Crippen molar-refractivity contribution in [1.29, 1.82) is 0 Å². The number of rotatable bonds is 0. The summed E-state index contributed by atoms with van der Waals surface area (Å²) in [7, 11) is 0. The molecule has 0 spiro atoms. The zero-order valence-corrected chi connectivity index (χ0v) is 5.78. The standard InChI is InChI=1S/C8H14/c1-6-4-7(2)8(3)5-6/h6,8H,2,4-5H2,1,3H3. The molecule has 0 aromatic rings. The maximum absolute atomic E-state index is 3.99. The van der Waals surface area contributed by atoms with E-state index in [0.717, 1.165) is 11.8 Å². The Morgan fingerprint density at radius 2 is 2.12 bits per heavy atom. The van der Waals surface area contributed by atoms with Gasteiger partial charge in [-0.3, -0.25) is 0 Å². The molecule has 0 N–H and O–H groups in total. The van der Waals surface area contributed by atoms with Gasteiger partial charge in [0.15, 0.2) is 0 Å². The van der Waals surface area contributed by atoms with Crippen LogP contribution in [0.25, 0.3) is 0 Å². The van der Waals surface area contributed by atoms with Gasteiger partial charge in [-0.25, -0.2) is 0 Å². The smallest absolute Gasteiger partial charge is 0.0232 e. The van der Waals surface area contributed by atoms with Crippen LogP contribution in [0.5, 0.6) is 0 Å². The minimum atomic E-state index is 0.796. The van der Waals surface area contributed by atoms with Crippen molar-refractivity contribution >= 4 is 0 Å². The molecule has 1 aliphatic rings. The summed E-state index contributed by atoms with van der Waals surface area (Å²) in [6.45, 7) is 8.56. The van der Waals surface area contributed by atoms with Crippen molar-refractivity contribution in [3.05, 3.63) is 12.2 Å². The molecule has 2 unspecified atom stereocenters. The molecule has 0 heteroatoms. The first-order valence-electron chi connectivity index (χ1n) is 3.38. The highest BCUT2D eigenvalue weighted by Gasteiger charge is 2.20. The van der Waals surface area contributed by atoms with E-state index in [1.807, 2.05) is 0 Å². The van der Waals surface area contributed by atoms with Crippen LogP contribution in [0, 0.1) is 11.8 Å². The zero-order chi connectivity index (χ0) is 6.15. The van der Waals surface area contributed by atoms with Gasteiger partial charge < -0.3 is 0 Å². The van der Waals surface area contributed by atoms with Crippen molar-refractivity contribution in [3.8, 4) is 0 Å². The number of hydrogen-bond donors (Lipinski definition) is 0. The predicted molar refractivity (Wildman–Crippen MR) is 36.7 cm³/mol. The topological polar surface area (TPSA) is 0 Å². The second-order valence-electron chi connectivity index (χ2n) is 3.10. The van der Waals surface area contributed by atoms with Gasteiger partial charge in [0, 0.05) is 0 Å². The third-order valence-corrected chi connectivity index (χ3v) is 2.06. The summed E-state index contributed by atoms with van der Waals surface area (Å²) in [5.41, 5.74) is 1.46. The molecule has 0 amide bonds. The van der Waals surface area contributed by atoms with Crippen LogP contribution < -0.4 is 0 Å². The molecule has 0 aliphatic heterocycles. The molecule has 1 rings (SSSR count). The molecular formula is C8H14. The van der Waals surface area contributed by atoms with E-state index >= 15 is 0 Å². The second-order valence-corrected chi connectivity index (χ2v) is 3.10. The first-order chi connectivity index (χ1) is 3.70. The van der Waals surface area contributed by atoms with E-state index in [1.165, 1.54) is 18.4 Å². The van der Waals surface area contributed by atoms with Crippen molar-refractivity contribution in [3.63, 3.8) is 0 Å². The van der Waals surface area contributed by atoms with E-state index in [0.29, 0.717) is 0 Å². The largest absolute Gasteiger partial charge is 0.0996 e. The lowest BCUT2D eigenvalue weighted by Gasteiger charge is -1.98. The Bertz CT molecular complexity index is 103. The summed E-state index contributed by atoms with van der Waals surface area (Å²) < 4.78 is 0. The fourth-order valence-corrected chi connectivity index (χ4v) is 1.50. The molecule has 2 atom stereocenters. The molecule has 1 saturated carbocycles. The Kier molecular flexibility index (Phi) is 1.41. The van der Waals surface area contributed by atoms with Gasteiger partial charge in [0.25, 0.3) is 0 Å². The second kappa shape index (κ2) is 1.93. The third kappa shape index (κ3) is 0.936. The van der Waals surface area contributed by atoms with Crippen LogP contribution in [0.15, 0.2) is 12.2 Å². The quantitative estimate of drug-likeness (QED) is 0.420. The summed E-state index contributed by atoms with van der Waals surface area (Å²) in [6, 6.07) is 0. The molecule has 0 radical (unpaired) electrons. The third-order valence-electron chi connectivity index (χ3n) is 2.06. The maximum atomic E-state index is 3.99. The van der Waals surface area contributed by atoms with Gasteiger partial charge in [-0.1, -0.05) is 26.0 Å². The van der Waals surface area contributed by atoms with E-state index < -0.39 is 0 Å². The van der Waals surface area contributed by atoms with Gasteiger partial charge in [0.1, 0.15) is 0 Å². The van der Waals surface area contributed by atoms with Gasteiger partial charge in [0.2, 0.25) is 0 Å². The van der Waals surface area contributed by atoms with Crippen LogP contribution in [-0.4, -0.2) is 0 Å². The molecule has 1 fully saturated rings. The average Bonchev–Trinajstić information content (AvgIpc) is 1.85. The monoisotopic (exact) mass is 110 g/mol. The number of allylic oxidation sites excluding steroid dienone is 1. The van der Waals surface area contributed by atoms with E-state index in [1.54, 1.807) is 0 Å². The summed E-state index contributed by atoms with van der Waals surface area (Å²) in [5, 5.41) is 0. The van der Waals surface area contributed by atoms with Crippen molar-refractivity contribution in [1.82, 2.24) is 0 Å². The SMILES string of the molecule is C=C1CC(C)CC1C. The summed E-state index contributed by atoms with van der Waals surface area (Å²) in [4.78, 5) is 0. The van der Waals surface area contributed by atoms with Crippen molar-refractivity contribution in [2.24, 2.45) is 11.8 Å². The Labute approximate surface area is 51.6 Å². The highest BCUT2D eigenvalue weighted by atomic mass is 14.3. The molecule has 0 bridgehead atoms. The lowest BCUT2D eigenvalue weighted by atomic mass is 10.1. The van der Waals surface area contributed by atoms with Gasteiger partial charge in [-0.2, -0.15) is 0 Å². The van der Waals surface area contributed by atoms with E-state index in [2.05, 4.69) is 20.4 Å². The molecule has 1 aliphatic carbocycles. The van der Waals surface area contributed by atoms with E-state index in [4.69, 9.17) is 0 Å².